The van der Waals surface area contributed by atoms with E-state index < -0.39 is 6.09 Å². The monoisotopic (exact) mass is 225 g/mol. The van der Waals surface area contributed by atoms with Gasteiger partial charge in [0.2, 0.25) is 0 Å². The highest BCUT2D eigenvalue weighted by atomic mass is 35.5. The molecular weight excluding hydrogens is 214 g/mol. The number of carboxylic acid groups (broad SMARTS) is 1. The lowest BCUT2D eigenvalue weighted by atomic mass is 10.2. The van der Waals surface area contributed by atoms with Crippen LogP contribution in [0, 0.1) is 0 Å². The summed E-state index contributed by atoms with van der Waals surface area (Å²) >= 11 is 5.92. The van der Waals surface area contributed by atoms with Crippen LogP contribution in [0.5, 0.6) is 0 Å². The summed E-state index contributed by atoms with van der Waals surface area (Å²) in [5.74, 6) is 0. The zero-order valence-electron chi connectivity index (χ0n) is 8.35. The third-order valence-corrected chi connectivity index (χ3v) is 2.25. The van der Waals surface area contributed by atoms with Crippen molar-refractivity contribution in [1.29, 1.82) is 0 Å². The molecule has 0 radical (unpaired) electrons. The van der Waals surface area contributed by atoms with Gasteiger partial charge in [-0.05, 0) is 11.6 Å². The number of likely N-dealkylation sites (N-methyl/N-ethyl adjacent to an activating group) is 1. The van der Waals surface area contributed by atoms with E-state index in [1.165, 1.54) is 11.9 Å². The van der Waals surface area contributed by atoms with Gasteiger partial charge in [0.25, 0.3) is 0 Å². The Bertz CT molecular complexity index is 377. The Morgan fingerprint density at radius 1 is 1.53 bits per heavy atom. The van der Waals surface area contributed by atoms with Crippen LogP contribution in [0.2, 0.25) is 5.02 Å². The summed E-state index contributed by atoms with van der Waals surface area (Å²) in [4.78, 5) is 11.7. The number of amides is 1. The number of nitrogens with zero attached hydrogens (tertiary/aromatic N) is 1. The van der Waals surface area contributed by atoms with Gasteiger partial charge in [-0.25, -0.2) is 4.79 Å². The van der Waals surface area contributed by atoms with Crippen molar-refractivity contribution in [2.24, 2.45) is 0 Å². The van der Waals surface area contributed by atoms with Crippen LogP contribution >= 0.6 is 11.6 Å². The van der Waals surface area contributed by atoms with Crippen LogP contribution in [-0.4, -0.2) is 29.7 Å². The zero-order chi connectivity index (χ0) is 11.3. The highest BCUT2D eigenvalue weighted by molar-refractivity contribution is 6.32. The zero-order valence-corrected chi connectivity index (χ0v) is 9.11. The van der Waals surface area contributed by atoms with E-state index in [1.807, 2.05) is 24.3 Å². The maximum atomic E-state index is 10.5. The molecule has 1 rings (SSSR count). The van der Waals surface area contributed by atoms with Gasteiger partial charge in [0.05, 0.1) is 0 Å². The van der Waals surface area contributed by atoms with E-state index in [0.29, 0.717) is 11.6 Å². The molecule has 1 aromatic rings. The van der Waals surface area contributed by atoms with E-state index in [2.05, 4.69) is 0 Å². The summed E-state index contributed by atoms with van der Waals surface area (Å²) in [6.45, 7) is 0.348. The van der Waals surface area contributed by atoms with Gasteiger partial charge < -0.3 is 10.0 Å². The van der Waals surface area contributed by atoms with Gasteiger partial charge in [-0.15, -0.1) is 0 Å². The maximum Gasteiger partial charge on any atom is 0.407 e. The average molecular weight is 226 g/mol. The molecule has 15 heavy (non-hydrogen) atoms. The lowest BCUT2D eigenvalue weighted by Crippen LogP contribution is -2.24. The molecule has 4 heteroatoms. The van der Waals surface area contributed by atoms with Gasteiger partial charge in [0, 0.05) is 18.6 Å². The Hall–Kier alpha value is -1.48. The fraction of sp³-hybridized carbons (Fsp3) is 0.182. The van der Waals surface area contributed by atoms with Crippen molar-refractivity contribution in [1.82, 2.24) is 4.90 Å². The van der Waals surface area contributed by atoms with E-state index in [-0.39, 0.29) is 0 Å². The Morgan fingerprint density at radius 3 is 2.80 bits per heavy atom. The summed E-state index contributed by atoms with van der Waals surface area (Å²) in [6.07, 6.45) is 2.62. The maximum absolute atomic E-state index is 10.5. The molecular formula is C11H12ClNO2. The second-order valence-electron chi connectivity index (χ2n) is 3.09. The first kappa shape index (κ1) is 11.6. The molecule has 3 nitrogen and oxygen atoms in total. The molecule has 1 N–H and O–H groups in total. The molecule has 0 unspecified atom stereocenters. The van der Waals surface area contributed by atoms with Crippen LogP contribution in [0.3, 0.4) is 0 Å². The van der Waals surface area contributed by atoms with Crippen molar-refractivity contribution >= 4 is 23.8 Å². The largest absolute Gasteiger partial charge is 0.465 e. The fourth-order valence-corrected chi connectivity index (χ4v) is 1.22. The quantitative estimate of drug-likeness (QED) is 0.859. The lowest BCUT2D eigenvalue weighted by molar-refractivity contribution is 0.160. The predicted molar refractivity (Wildman–Crippen MR) is 61.1 cm³/mol. The van der Waals surface area contributed by atoms with Crippen LogP contribution in [0.1, 0.15) is 5.56 Å². The van der Waals surface area contributed by atoms with Crippen LogP contribution < -0.4 is 0 Å². The summed E-state index contributed by atoms with van der Waals surface area (Å²) in [7, 11) is 1.51. The molecule has 80 valence electrons. The van der Waals surface area contributed by atoms with Crippen molar-refractivity contribution in [2.75, 3.05) is 13.6 Å². The van der Waals surface area contributed by atoms with Crippen molar-refractivity contribution in [3.8, 4) is 0 Å². The van der Waals surface area contributed by atoms with Crippen LogP contribution in [0.4, 0.5) is 4.79 Å². The van der Waals surface area contributed by atoms with Gasteiger partial charge in [-0.1, -0.05) is 42.0 Å². The standard InChI is InChI=1S/C11H12ClNO2/c1-13(11(14)15)8-4-6-9-5-2-3-7-10(9)12/h2-7H,8H2,1H3,(H,14,15). The number of benzene rings is 1. The minimum absolute atomic E-state index is 0.348. The molecule has 0 aliphatic carbocycles. The van der Waals surface area contributed by atoms with Gasteiger partial charge in [-0.3, -0.25) is 0 Å². The first-order valence-corrected chi connectivity index (χ1v) is 4.84. The third kappa shape index (κ3) is 3.64. The minimum Gasteiger partial charge on any atom is -0.465 e. The number of hydrogen-bond donors (Lipinski definition) is 1. The van der Waals surface area contributed by atoms with Crippen LogP contribution in [0.15, 0.2) is 30.3 Å². The second-order valence-corrected chi connectivity index (χ2v) is 3.49. The Balaban J connectivity index is 2.59. The Kier molecular flexibility index (Phi) is 4.18. The molecule has 1 amide bonds. The number of halogens is 1. The lowest BCUT2D eigenvalue weighted by Gasteiger charge is -2.08. The van der Waals surface area contributed by atoms with Crippen molar-refractivity contribution in [3.05, 3.63) is 40.9 Å². The topological polar surface area (TPSA) is 40.5 Å². The molecule has 0 heterocycles. The van der Waals surface area contributed by atoms with Gasteiger partial charge in [0.15, 0.2) is 0 Å². The summed E-state index contributed by atoms with van der Waals surface area (Å²) in [5.41, 5.74) is 0.887. The first-order chi connectivity index (χ1) is 7.11. The molecule has 0 atom stereocenters. The molecule has 1 aromatic carbocycles. The molecule has 0 aliphatic heterocycles. The Labute approximate surface area is 93.6 Å². The summed E-state index contributed by atoms with van der Waals surface area (Å²) in [6, 6.07) is 7.40. The first-order valence-electron chi connectivity index (χ1n) is 4.46. The molecule has 0 aromatic heterocycles. The predicted octanol–water partition coefficient (Wildman–Crippen LogP) is 2.96. The smallest absolute Gasteiger partial charge is 0.407 e. The Morgan fingerprint density at radius 2 is 2.20 bits per heavy atom. The van der Waals surface area contributed by atoms with E-state index in [0.717, 1.165) is 5.56 Å². The summed E-state index contributed by atoms with van der Waals surface area (Å²) < 4.78 is 0. The normalized spacial score (nSPS) is 10.5. The summed E-state index contributed by atoms with van der Waals surface area (Å²) in [5, 5.41) is 9.26. The van der Waals surface area contributed by atoms with E-state index in [4.69, 9.17) is 16.7 Å². The van der Waals surface area contributed by atoms with E-state index in [9.17, 15) is 4.79 Å². The minimum atomic E-state index is -0.946. The molecule has 0 aliphatic rings. The molecule has 0 bridgehead atoms. The second kappa shape index (κ2) is 5.41. The van der Waals surface area contributed by atoms with Crippen molar-refractivity contribution in [2.45, 2.75) is 0 Å². The van der Waals surface area contributed by atoms with Crippen LogP contribution in [0.25, 0.3) is 6.08 Å². The van der Waals surface area contributed by atoms with Crippen molar-refractivity contribution < 1.29 is 9.90 Å². The third-order valence-electron chi connectivity index (χ3n) is 1.91. The van der Waals surface area contributed by atoms with Gasteiger partial charge >= 0.3 is 6.09 Å². The molecule has 0 saturated carbocycles. The van der Waals surface area contributed by atoms with Crippen molar-refractivity contribution in [3.63, 3.8) is 0 Å². The van der Waals surface area contributed by atoms with Gasteiger partial charge in [0.1, 0.15) is 0 Å². The molecule has 0 fully saturated rings. The fourth-order valence-electron chi connectivity index (χ4n) is 1.03. The molecule has 0 saturated heterocycles. The highest BCUT2D eigenvalue weighted by Gasteiger charge is 2.01. The SMILES string of the molecule is CN(CC=Cc1ccccc1Cl)C(=O)O. The van der Waals surface area contributed by atoms with E-state index in [1.54, 1.807) is 12.1 Å². The highest BCUT2D eigenvalue weighted by Crippen LogP contribution is 2.15. The number of carbonyl (C=O) groups is 1. The van der Waals surface area contributed by atoms with E-state index >= 15 is 0 Å². The van der Waals surface area contributed by atoms with Crippen LogP contribution in [-0.2, 0) is 0 Å². The van der Waals surface area contributed by atoms with Gasteiger partial charge in [-0.2, -0.15) is 0 Å². The molecule has 0 spiro atoms. The number of hydrogen-bond acceptors (Lipinski definition) is 1. The average Bonchev–Trinajstić information content (AvgIpc) is 2.20. The number of rotatable bonds is 3.